The summed E-state index contributed by atoms with van der Waals surface area (Å²) in [6.07, 6.45) is 1.96. The van der Waals surface area contributed by atoms with Crippen LogP contribution in [0.2, 0.25) is 0 Å². The average Bonchev–Trinajstić information content (AvgIpc) is 2.55. The lowest BCUT2D eigenvalue weighted by Gasteiger charge is -2.16. The molecule has 0 radical (unpaired) electrons. The summed E-state index contributed by atoms with van der Waals surface area (Å²) >= 11 is 5.60. The monoisotopic (exact) mass is 421 g/mol. The lowest BCUT2D eigenvalue weighted by atomic mass is 10.1. The van der Waals surface area contributed by atoms with Gasteiger partial charge in [0.1, 0.15) is 5.76 Å². The number of rotatable bonds is 2. The third-order valence-corrected chi connectivity index (χ3v) is 4.24. The number of cyclic esters (lactones) is 1. The molecule has 96 valence electrons. The van der Waals surface area contributed by atoms with Gasteiger partial charge >= 0.3 is 5.97 Å². The Hall–Kier alpha value is -0.400. The summed E-state index contributed by atoms with van der Waals surface area (Å²) < 4.78 is 7.22. The quantitative estimate of drug-likeness (QED) is 0.540. The third-order valence-electron chi connectivity index (χ3n) is 2.93. The van der Waals surface area contributed by atoms with Gasteiger partial charge in [-0.15, -0.1) is 0 Å². The molecular weight excluding hydrogens is 409 g/mol. The van der Waals surface area contributed by atoms with Gasteiger partial charge in [-0.2, -0.15) is 0 Å². The minimum absolute atomic E-state index is 0.204. The molecule has 1 aromatic carbocycles. The van der Waals surface area contributed by atoms with Crippen LogP contribution >= 0.6 is 38.5 Å². The highest BCUT2D eigenvalue weighted by Gasteiger charge is 2.29. The van der Waals surface area contributed by atoms with Crippen LogP contribution in [0.1, 0.15) is 22.8 Å². The van der Waals surface area contributed by atoms with E-state index in [4.69, 9.17) is 4.74 Å². The van der Waals surface area contributed by atoms with Crippen molar-refractivity contribution >= 4 is 50.2 Å². The van der Waals surface area contributed by atoms with Crippen molar-refractivity contribution in [2.75, 3.05) is 14.1 Å². The van der Waals surface area contributed by atoms with Crippen LogP contribution in [0.5, 0.6) is 0 Å². The van der Waals surface area contributed by atoms with Gasteiger partial charge in [0.25, 0.3) is 0 Å². The Bertz CT molecular complexity index is 540. The van der Waals surface area contributed by atoms with Gasteiger partial charge in [-0.3, -0.25) is 0 Å². The number of esters is 1. The first kappa shape index (κ1) is 14.0. The van der Waals surface area contributed by atoms with Crippen LogP contribution in [0.3, 0.4) is 0 Å². The van der Waals surface area contributed by atoms with Crippen LogP contribution in [0.25, 0.3) is 5.76 Å². The minimum Gasteiger partial charge on any atom is -0.423 e. The van der Waals surface area contributed by atoms with Crippen LogP contribution in [0, 0.1) is 3.57 Å². The number of carbonyl (C=O) groups is 1. The maximum absolute atomic E-state index is 11.9. The maximum atomic E-state index is 11.9. The molecule has 1 unspecified atom stereocenters. The molecule has 5 heteroatoms. The van der Waals surface area contributed by atoms with Crippen LogP contribution in [0.4, 0.5) is 0 Å². The fourth-order valence-electron chi connectivity index (χ4n) is 1.67. The van der Waals surface area contributed by atoms with E-state index >= 15 is 0 Å². The van der Waals surface area contributed by atoms with Gasteiger partial charge in [0.05, 0.1) is 5.56 Å². The molecule has 0 bridgehead atoms. The fourth-order valence-corrected chi connectivity index (χ4v) is 3.41. The number of hydrogen-bond acceptors (Lipinski definition) is 3. The van der Waals surface area contributed by atoms with Crippen LogP contribution in [0.15, 0.2) is 22.7 Å². The summed E-state index contributed by atoms with van der Waals surface area (Å²) in [6, 6.07) is 4.05. The van der Waals surface area contributed by atoms with Crippen molar-refractivity contribution in [2.45, 2.75) is 13.0 Å². The van der Waals surface area contributed by atoms with Crippen LogP contribution < -0.4 is 0 Å². The van der Waals surface area contributed by atoms with Gasteiger partial charge < -0.3 is 9.64 Å². The number of ether oxygens (including phenoxy) is 1. The number of benzene rings is 1. The van der Waals surface area contributed by atoms with Crippen molar-refractivity contribution in [3.63, 3.8) is 0 Å². The standard InChI is InChI=1S/C13H13BrINO2/c1-7(16(2)3)4-11-9-5-8(14)6-10(15)12(9)13(17)18-11/h4-7H,1-3H3/b11-4-. The Labute approximate surface area is 128 Å². The molecule has 0 saturated carbocycles. The molecule has 1 aromatic rings. The Morgan fingerprint density at radius 3 is 2.72 bits per heavy atom. The largest absolute Gasteiger partial charge is 0.423 e. The van der Waals surface area contributed by atoms with Gasteiger partial charge in [0, 0.05) is 19.6 Å². The molecule has 0 aromatic heterocycles. The molecule has 0 saturated heterocycles. The lowest BCUT2D eigenvalue weighted by Crippen LogP contribution is -2.22. The van der Waals surface area contributed by atoms with E-state index < -0.39 is 0 Å². The first-order valence-electron chi connectivity index (χ1n) is 5.50. The van der Waals surface area contributed by atoms with Gasteiger partial charge in [-0.25, -0.2) is 4.79 Å². The lowest BCUT2D eigenvalue weighted by molar-refractivity contribution is 0.0713. The summed E-state index contributed by atoms with van der Waals surface area (Å²) in [5.41, 5.74) is 1.53. The van der Waals surface area contributed by atoms with Gasteiger partial charge in [-0.1, -0.05) is 15.9 Å². The summed E-state index contributed by atoms with van der Waals surface area (Å²) in [7, 11) is 3.98. The number of fused-ring (bicyclic) bond motifs is 1. The van der Waals surface area contributed by atoms with Crippen molar-refractivity contribution in [1.82, 2.24) is 4.90 Å². The summed E-state index contributed by atoms with van der Waals surface area (Å²) in [4.78, 5) is 13.9. The second-order valence-corrected chi connectivity index (χ2v) is 6.51. The molecule has 0 amide bonds. The van der Waals surface area contributed by atoms with Crippen molar-refractivity contribution in [2.24, 2.45) is 0 Å². The number of hydrogen-bond donors (Lipinski definition) is 0. The van der Waals surface area contributed by atoms with E-state index in [-0.39, 0.29) is 12.0 Å². The predicted octanol–water partition coefficient (Wildman–Crippen LogP) is 3.52. The highest BCUT2D eigenvalue weighted by Crippen LogP contribution is 2.35. The van der Waals surface area contributed by atoms with Crippen LogP contribution in [-0.2, 0) is 4.74 Å². The summed E-state index contributed by atoms with van der Waals surface area (Å²) in [5.74, 6) is 0.384. The van der Waals surface area contributed by atoms with E-state index in [1.807, 2.05) is 32.3 Å². The van der Waals surface area contributed by atoms with E-state index in [2.05, 4.69) is 50.3 Å². The van der Waals surface area contributed by atoms with Crippen molar-refractivity contribution in [3.05, 3.63) is 37.4 Å². The van der Waals surface area contributed by atoms with E-state index in [1.54, 1.807) is 0 Å². The molecule has 1 aliphatic rings. The highest BCUT2D eigenvalue weighted by atomic mass is 127. The normalized spacial score (nSPS) is 18.1. The molecule has 1 aliphatic heterocycles. The van der Waals surface area contributed by atoms with Crippen molar-refractivity contribution in [3.8, 4) is 0 Å². The number of nitrogens with zero attached hydrogens (tertiary/aromatic N) is 1. The first-order chi connectivity index (χ1) is 8.40. The predicted molar refractivity (Wildman–Crippen MR) is 83.4 cm³/mol. The minimum atomic E-state index is -0.265. The molecule has 2 rings (SSSR count). The zero-order valence-electron chi connectivity index (χ0n) is 10.3. The van der Waals surface area contributed by atoms with Crippen molar-refractivity contribution < 1.29 is 9.53 Å². The molecule has 0 aliphatic carbocycles. The topological polar surface area (TPSA) is 29.5 Å². The second kappa shape index (κ2) is 5.30. The molecule has 1 heterocycles. The molecule has 0 fully saturated rings. The highest BCUT2D eigenvalue weighted by molar-refractivity contribution is 14.1. The Balaban J connectivity index is 2.51. The Morgan fingerprint density at radius 1 is 1.44 bits per heavy atom. The first-order valence-corrected chi connectivity index (χ1v) is 7.37. The third kappa shape index (κ3) is 2.62. The van der Waals surface area contributed by atoms with Gasteiger partial charge in [-0.05, 0) is 61.8 Å². The van der Waals surface area contributed by atoms with E-state index in [0.29, 0.717) is 11.3 Å². The number of halogens is 2. The molecule has 1 atom stereocenters. The average molecular weight is 422 g/mol. The van der Waals surface area contributed by atoms with E-state index in [9.17, 15) is 4.79 Å². The second-order valence-electron chi connectivity index (χ2n) is 4.43. The fraction of sp³-hybridized carbons (Fsp3) is 0.308. The maximum Gasteiger partial charge on any atom is 0.345 e. The zero-order valence-corrected chi connectivity index (χ0v) is 14.1. The Morgan fingerprint density at radius 2 is 2.11 bits per heavy atom. The van der Waals surface area contributed by atoms with Gasteiger partial charge in [0.15, 0.2) is 0 Å². The smallest absolute Gasteiger partial charge is 0.345 e. The molecular formula is C13H13BrINO2. The van der Waals surface area contributed by atoms with Gasteiger partial charge in [0.2, 0.25) is 0 Å². The zero-order chi connectivity index (χ0) is 13.4. The SMILES string of the molecule is CC(/C=C1\OC(=O)c2c(I)cc(Br)cc21)N(C)C. The molecule has 18 heavy (non-hydrogen) atoms. The summed E-state index contributed by atoms with van der Waals surface area (Å²) in [6.45, 7) is 2.06. The van der Waals surface area contributed by atoms with E-state index in [1.165, 1.54) is 0 Å². The number of likely N-dealkylation sites (N-methyl/N-ethyl adjacent to an activating group) is 1. The van der Waals surface area contributed by atoms with E-state index in [0.717, 1.165) is 13.6 Å². The van der Waals surface area contributed by atoms with Crippen molar-refractivity contribution in [1.29, 1.82) is 0 Å². The summed E-state index contributed by atoms with van der Waals surface area (Å²) in [5, 5.41) is 0. The molecule has 3 nitrogen and oxygen atoms in total. The van der Waals surface area contributed by atoms with Crippen LogP contribution in [-0.4, -0.2) is 31.0 Å². The molecule has 0 N–H and O–H groups in total. The number of carbonyl (C=O) groups excluding carboxylic acids is 1. The molecule has 0 spiro atoms. The Kier molecular flexibility index (Phi) is 4.13.